The Morgan fingerprint density at radius 1 is 1.40 bits per heavy atom. The van der Waals surface area contributed by atoms with Gasteiger partial charge in [-0.1, -0.05) is 6.92 Å². The normalized spacial score (nSPS) is 15.4. The summed E-state index contributed by atoms with van der Waals surface area (Å²) < 4.78 is 16.7. The zero-order chi connectivity index (χ0) is 14.1. The number of rotatable bonds is 4. The first-order valence-corrected chi connectivity index (χ1v) is 7.52. The number of hydrogen-bond donors (Lipinski definition) is 0. The minimum Gasteiger partial charge on any atom is -0.353 e. The van der Waals surface area contributed by atoms with E-state index in [1.807, 2.05) is 17.3 Å². The van der Waals surface area contributed by atoms with Crippen molar-refractivity contribution in [2.75, 3.05) is 18.0 Å². The number of halogens is 2. The van der Waals surface area contributed by atoms with Crippen molar-refractivity contribution in [1.82, 2.24) is 14.5 Å². The van der Waals surface area contributed by atoms with Crippen LogP contribution in [0, 0.1) is 11.7 Å². The molecule has 2 aromatic heterocycles. The van der Waals surface area contributed by atoms with Gasteiger partial charge in [-0.3, -0.25) is 0 Å². The van der Waals surface area contributed by atoms with Gasteiger partial charge in [0.2, 0.25) is 0 Å². The first-order valence-electron chi connectivity index (χ1n) is 6.73. The van der Waals surface area contributed by atoms with Gasteiger partial charge in [-0.05, 0) is 22.0 Å². The molecule has 0 radical (unpaired) electrons. The van der Waals surface area contributed by atoms with E-state index >= 15 is 0 Å². The van der Waals surface area contributed by atoms with E-state index in [9.17, 15) is 4.39 Å². The number of nitrogens with zero attached hydrogens (tertiary/aromatic N) is 4. The molecule has 0 unspecified atom stereocenters. The van der Waals surface area contributed by atoms with E-state index in [-0.39, 0.29) is 5.82 Å². The van der Waals surface area contributed by atoms with Gasteiger partial charge in [0.1, 0.15) is 5.82 Å². The van der Waals surface area contributed by atoms with Gasteiger partial charge in [0.25, 0.3) is 0 Å². The van der Waals surface area contributed by atoms with E-state index in [1.165, 1.54) is 6.07 Å². The summed E-state index contributed by atoms with van der Waals surface area (Å²) in [5.74, 6) is 1.82. The lowest BCUT2D eigenvalue weighted by molar-refractivity contribution is 0.347. The molecule has 1 saturated heterocycles. The summed E-state index contributed by atoms with van der Waals surface area (Å²) in [6, 6.07) is 1.46. The summed E-state index contributed by atoms with van der Waals surface area (Å²) in [6.45, 7) is 4.73. The second-order valence-electron chi connectivity index (χ2n) is 5.08. The van der Waals surface area contributed by atoms with E-state index in [1.54, 1.807) is 6.20 Å². The Morgan fingerprint density at radius 3 is 2.90 bits per heavy atom. The molecule has 3 heterocycles. The lowest BCUT2D eigenvalue weighted by Gasteiger charge is -2.40. The quantitative estimate of drug-likeness (QED) is 0.859. The van der Waals surface area contributed by atoms with Crippen LogP contribution in [0.4, 0.5) is 10.2 Å². The molecule has 0 aromatic carbocycles. The molecule has 0 atom stereocenters. The highest BCUT2D eigenvalue weighted by atomic mass is 79.9. The van der Waals surface area contributed by atoms with Crippen LogP contribution in [-0.2, 0) is 13.0 Å². The highest BCUT2D eigenvalue weighted by molar-refractivity contribution is 9.10. The molecule has 4 nitrogen and oxygen atoms in total. The highest BCUT2D eigenvalue weighted by Gasteiger charge is 2.30. The number of hydrogen-bond acceptors (Lipinski definition) is 3. The fourth-order valence-corrected chi connectivity index (χ4v) is 2.90. The van der Waals surface area contributed by atoms with Gasteiger partial charge in [0.15, 0.2) is 11.6 Å². The van der Waals surface area contributed by atoms with Crippen molar-refractivity contribution < 1.29 is 4.39 Å². The Morgan fingerprint density at radius 2 is 2.20 bits per heavy atom. The standard InChI is InChI=1S/C14H16BrFN4/c1-2-13-17-3-4-19(13)7-10-8-20(9-10)14-12(16)5-11(15)6-18-14/h3-6,10H,2,7-9H2,1H3. The van der Waals surface area contributed by atoms with Gasteiger partial charge in [0, 0.05) is 55.0 Å². The molecule has 0 saturated carbocycles. The monoisotopic (exact) mass is 338 g/mol. The summed E-state index contributed by atoms with van der Waals surface area (Å²) in [6.07, 6.45) is 6.42. The second-order valence-corrected chi connectivity index (χ2v) is 6.00. The first-order chi connectivity index (χ1) is 9.67. The molecule has 0 spiro atoms. The Bertz CT molecular complexity index is 607. The fourth-order valence-electron chi connectivity index (χ4n) is 2.60. The summed E-state index contributed by atoms with van der Waals surface area (Å²) in [5.41, 5.74) is 0. The lowest BCUT2D eigenvalue weighted by atomic mass is 10.00. The summed E-state index contributed by atoms with van der Waals surface area (Å²) in [5, 5.41) is 0. The Kier molecular flexibility index (Phi) is 3.74. The third-order valence-corrected chi connectivity index (χ3v) is 4.05. The third-order valence-electron chi connectivity index (χ3n) is 3.62. The molecule has 1 aliphatic heterocycles. The van der Waals surface area contributed by atoms with E-state index in [0.29, 0.717) is 16.2 Å². The predicted octanol–water partition coefficient (Wildman–Crippen LogP) is 2.88. The number of aromatic nitrogens is 3. The van der Waals surface area contributed by atoms with E-state index in [4.69, 9.17) is 0 Å². The minimum atomic E-state index is -0.269. The average molecular weight is 339 g/mol. The van der Waals surface area contributed by atoms with E-state index < -0.39 is 0 Å². The van der Waals surface area contributed by atoms with Crippen LogP contribution in [-0.4, -0.2) is 27.6 Å². The second kappa shape index (κ2) is 5.52. The molecule has 2 aromatic rings. The van der Waals surface area contributed by atoms with Gasteiger partial charge in [-0.15, -0.1) is 0 Å². The zero-order valence-electron chi connectivity index (χ0n) is 11.3. The molecule has 1 aliphatic rings. The van der Waals surface area contributed by atoms with Crippen molar-refractivity contribution in [2.45, 2.75) is 19.9 Å². The van der Waals surface area contributed by atoms with Crippen molar-refractivity contribution in [2.24, 2.45) is 5.92 Å². The Labute approximate surface area is 125 Å². The third kappa shape index (κ3) is 2.57. The molecule has 20 heavy (non-hydrogen) atoms. The SMILES string of the molecule is CCc1nccn1CC1CN(c2ncc(Br)cc2F)C1. The molecule has 1 fully saturated rings. The maximum absolute atomic E-state index is 13.8. The summed E-state index contributed by atoms with van der Waals surface area (Å²) >= 11 is 3.22. The largest absolute Gasteiger partial charge is 0.353 e. The summed E-state index contributed by atoms with van der Waals surface area (Å²) in [7, 11) is 0. The molecular formula is C14H16BrFN4. The number of imidazole rings is 1. The molecule has 0 amide bonds. The molecule has 3 rings (SSSR count). The topological polar surface area (TPSA) is 34.0 Å². The maximum atomic E-state index is 13.8. The molecule has 106 valence electrons. The zero-order valence-corrected chi connectivity index (χ0v) is 12.8. The molecule has 6 heteroatoms. The van der Waals surface area contributed by atoms with Crippen LogP contribution < -0.4 is 4.90 Å². The number of aryl methyl sites for hydroxylation is 1. The lowest BCUT2D eigenvalue weighted by Crippen LogP contribution is -2.49. The maximum Gasteiger partial charge on any atom is 0.166 e. The van der Waals surface area contributed by atoms with Crippen LogP contribution in [0.25, 0.3) is 0 Å². The van der Waals surface area contributed by atoms with Crippen LogP contribution in [0.1, 0.15) is 12.7 Å². The number of anilines is 1. The summed E-state index contributed by atoms with van der Waals surface area (Å²) in [4.78, 5) is 10.4. The number of pyridine rings is 1. The van der Waals surface area contributed by atoms with Gasteiger partial charge < -0.3 is 9.47 Å². The van der Waals surface area contributed by atoms with E-state index in [2.05, 4.69) is 37.4 Å². The van der Waals surface area contributed by atoms with Crippen molar-refractivity contribution in [1.29, 1.82) is 0 Å². The van der Waals surface area contributed by atoms with E-state index in [0.717, 1.165) is 31.9 Å². The highest BCUT2D eigenvalue weighted by Crippen LogP contribution is 2.27. The van der Waals surface area contributed by atoms with Crippen molar-refractivity contribution in [3.05, 3.63) is 40.8 Å². The Hall–Kier alpha value is -1.43. The van der Waals surface area contributed by atoms with Gasteiger partial charge in [-0.2, -0.15) is 0 Å². The first kappa shape index (κ1) is 13.5. The van der Waals surface area contributed by atoms with Gasteiger partial charge in [-0.25, -0.2) is 14.4 Å². The molecule has 0 aliphatic carbocycles. The van der Waals surface area contributed by atoms with Crippen LogP contribution in [0.3, 0.4) is 0 Å². The predicted molar refractivity (Wildman–Crippen MR) is 79.2 cm³/mol. The average Bonchev–Trinajstić information content (AvgIpc) is 2.81. The van der Waals surface area contributed by atoms with Crippen LogP contribution in [0.5, 0.6) is 0 Å². The van der Waals surface area contributed by atoms with Crippen molar-refractivity contribution >= 4 is 21.7 Å². The van der Waals surface area contributed by atoms with Crippen LogP contribution >= 0.6 is 15.9 Å². The fraction of sp³-hybridized carbons (Fsp3) is 0.429. The van der Waals surface area contributed by atoms with Crippen molar-refractivity contribution in [3.8, 4) is 0 Å². The molecule has 0 N–H and O–H groups in total. The smallest absolute Gasteiger partial charge is 0.166 e. The van der Waals surface area contributed by atoms with Crippen molar-refractivity contribution in [3.63, 3.8) is 0 Å². The van der Waals surface area contributed by atoms with Crippen LogP contribution in [0.15, 0.2) is 29.1 Å². The molecular weight excluding hydrogens is 323 g/mol. The van der Waals surface area contributed by atoms with Gasteiger partial charge >= 0.3 is 0 Å². The van der Waals surface area contributed by atoms with Crippen LogP contribution in [0.2, 0.25) is 0 Å². The molecule has 0 bridgehead atoms. The van der Waals surface area contributed by atoms with Gasteiger partial charge in [0.05, 0.1) is 0 Å². The minimum absolute atomic E-state index is 0.269. The Balaban J connectivity index is 1.61.